The van der Waals surface area contributed by atoms with Crippen molar-refractivity contribution >= 4 is 11.0 Å². The molecule has 138 valence electrons. The number of methoxy groups -OCH3 is 1. The highest BCUT2D eigenvalue weighted by molar-refractivity contribution is 5.79. The Hall–Kier alpha value is -2.38. The molecular formula is C19H23N3O4. The molecule has 1 aromatic carbocycles. The molecule has 7 heteroatoms. The molecule has 0 saturated carbocycles. The maximum Gasteiger partial charge on any atom is 0.229 e. The van der Waals surface area contributed by atoms with Crippen LogP contribution in [0.15, 0.2) is 33.2 Å². The van der Waals surface area contributed by atoms with Gasteiger partial charge in [-0.3, -0.25) is 4.90 Å². The van der Waals surface area contributed by atoms with E-state index in [4.69, 9.17) is 13.7 Å². The number of nitrogens with zero attached hydrogens (tertiary/aromatic N) is 3. The monoisotopic (exact) mass is 357 g/mol. The first-order valence-corrected chi connectivity index (χ1v) is 8.83. The average Bonchev–Trinajstić information content (AvgIpc) is 3.18. The van der Waals surface area contributed by atoms with Crippen LogP contribution in [0.5, 0.6) is 5.75 Å². The number of furan rings is 1. The van der Waals surface area contributed by atoms with Gasteiger partial charge >= 0.3 is 0 Å². The summed E-state index contributed by atoms with van der Waals surface area (Å²) in [5.41, 5.74) is -0.0127. The number of aromatic nitrogens is 2. The van der Waals surface area contributed by atoms with E-state index < -0.39 is 5.60 Å². The summed E-state index contributed by atoms with van der Waals surface area (Å²) in [5, 5.41) is 15.8. The highest BCUT2D eigenvalue weighted by Gasteiger charge is 2.35. The van der Waals surface area contributed by atoms with Gasteiger partial charge in [0.1, 0.15) is 17.1 Å². The van der Waals surface area contributed by atoms with E-state index in [-0.39, 0.29) is 0 Å². The number of hydrogen-bond acceptors (Lipinski definition) is 7. The number of aliphatic hydroxyl groups is 1. The molecule has 3 heterocycles. The lowest BCUT2D eigenvalue weighted by atomic mass is 9.89. The molecule has 3 aromatic rings. The molecule has 0 spiro atoms. The molecule has 1 unspecified atom stereocenters. The molecule has 1 fully saturated rings. The van der Waals surface area contributed by atoms with Crippen LogP contribution in [-0.4, -0.2) is 45.9 Å². The van der Waals surface area contributed by atoms with Gasteiger partial charge in [-0.05, 0) is 50.6 Å². The van der Waals surface area contributed by atoms with Crippen LogP contribution in [-0.2, 0) is 13.0 Å². The Kier molecular flexibility index (Phi) is 4.42. The molecule has 1 N–H and O–H groups in total. The summed E-state index contributed by atoms with van der Waals surface area (Å²) in [4.78, 5) is 6.43. The zero-order valence-corrected chi connectivity index (χ0v) is 15.1. The number of ether oxygens (including phenoxy) is 1. The van der Waals surface area contributed by atoms with Gasteiger partial charge in [0, 0.05) is 11.9 Å². The van der Waals surface area contributed by atoms with Gasteiger partial charge in [0.2, 0.25) is 5.89 Å². The van der Waals surface area contributed by atoms with Crippen molar-refractivity contribution < 1.29 is 18.8 Å². The number of benzene rings is 1. The fraction of sp³-hybridized carbons (Fsp3) is 0.474. The molecule has 0 radical (unpaired) electrons. The van der Waals surface area contributed by atoms with Gasteiger partial charge in [-0.15, -0.1) is 0 Å². The van der Waals surface area contributed by atoms with Crippen molar-refractivity contribution in [1.82, 2.24) is 15.0 Å². The first kappa shape index (κ1) is 17.1. The summed E-state index contributed by atoms with van der Waals surface area (Å²) in [7, 11) is 1.65. The van der Waals surface area contributed by atoms with Crippen molar-refractivity contribution in [2.75, 3.05) is 20.2 Å². The van der Waals surface area contributed by atoms with Gasteiger partial charge < -0.3 is 18.8 Å². The third kappa shape index (κ3) is 3.59. The number of hydrogen-bond donors (Lipinski definition) is 1. The SMILES string of the molecule is COc1ccc2oc(CN3CCCC(O)(Cc4nc(C)no4)C3)cc2c1. The van der Waals surface area contributed by atoms with Gasteiger partial charge in [0.15, 0.2) is 5.82 Å². The maximum atomic E-state index is 11.0. The number of aryl methyl sites for hydroxylation is 1. The van der Waals surface area contributed by atoms with Crippen LogP contribution in [0, 0.1) is 6.92 Å². The zero-order valence-electron chi connectivity index (χ0n) is 15.1. The first-order valence-electron chi connectivity index (χ1n) is 8.83. The topological polar surface area (TPSA) is 84.8 Å². The van der Waals surface area contributed by atoms with Crippen LogP contribution in [0.2, 0.25) is 0 Å². The van der Waals surface area contributed by atoms with E-state index in [2.05, 4.69) is 15.0 Å². The maximum absolute atomic E-state index is 11.0. The Bertz CT molecular complexity index is 903. The number of likely N-dealkylation sites (tertiary alicyclic amines) is 1. The number of β-amino-alcohol motifs (C(OH)–C–C–N with tert-alkyl or cyclic N) is 1. The fourth-order valence-electron chi connectivity index (χ4n) is 3.68. The molecule has 4 rings (SSSR count). The normalized spacial score (nSPS) is 21.3. The van der Waals surface area contributed by atoms with Crippen LogP contribution in [0.1, 0.15) is 30.3 Å². The van der Waals surface area contributed by atoms with Crippen molar-refractivity contribution in [3.63, 3.8) is 0 Å². The van der Waals surface area contributed by atoms with E-state index in [0.717, 1.165) is 41.9 Å². The van der Waals surface area contributed by atoms with Crippen molar-refractivity contribution in [2.24, 2.45) is 0 Å². The number of rotatable bonds is 5. The number of piperidine rings is 1. The van der Waals surface area contributed by atoms with Crippen LogP contribution in [0.25, 0.3) is 11.0 Å². The van der Waals surface area contributed by atoms with E-state index in [1.807, 2.05) is 24.3 Å². The Labute approximate surface area is 151 Å². The van der Waals surface area contributed by atoms with Gasteiger partial charge in [0.25, 0.3) is 0 Å². The summed E-state index contributed by atoms with van der Waals surface area (Å²) in [5.74, 6) is 2.77. The van der Waals surface area contributed by atoms with Crippen LogP contribution < -0.4 is 4.74 Å². The molecule has 0 bridgehead atoms. The molecule has 1 atom stereocenters. The molecule has 2 aromatic heterocycles. The molecule has 0 amide bonds. The Morgan fingerprint density at radius 2 is 2.23 bits per heavy atom. The minimum Gasteiger partial charge on any atom is -0.497 e. The third-order valence-electron chi connectivity index (χ3n) is 4.84. The van der Waals surface area contributed by atoms with E-state index in [9.17, 15) is 5.11 Å². The third-order valence-corrected chi connectivity index (χ3v) is 4.84. The molecule has 0 aliphatic carbocycles. The van der Waals surface area contributed by atoms with Gasteiger partial charge in [-0.1, -0.05) is 5.16 Å². The first-order chi connectivity index (χ1) is 12.5. The smallest absolute Gasteiger partial charge is 0.229 e. The second-order valence-corrected chi connectivity index (χ2v) is 7.07. The molecule has 1 saturated heterocycles. The summed E-state index contributed by atoms with van der Waals surface area (Å²) in [6.45, 7) is 3.91. The molecule has 7 nitrogen and oxygen atoms in total. The van der Waals surface area contributed by atoms with Crippen molar-refractivity contribution in [3.8, 4) is 5.75 Å². The quantitative estimate of drug-likeness (QED) is 0.751. The predicted octanol–water partition coefficient (Wildman–Crippen LogP) is 2.70. The minimum absolute atomic E-state index is 0.377. The predicted molar refractivity (Wildman–Crippen MR) is 95.0 cm³/mol. The van der Waals surface area contributed by atoms with Gasteiger partial charge in [-0.25, -0.2) is 0 Å². The standard InChI is InChI=1S/C19H23N3O4/c1-13-20-18(26-21-13)10-19(23)6-3-7-22(12-19)11-16-9-14-8-15(24-2)4-5-17(14)25-16/h4-5,8-9,23H,3,6-7,10-12H2,1-2H3. The largest absolute Gasteiger partial charge is 0.497 e. The lowest BCUT2D eigenvalue weighted by Gasteiger charge is -2.38. The Morgan fingerprint density at radius 3 is 3.00 bits per heavy atom. The summed E-state index contributed by atoms with van der Waals surface area (Å²) >= 11 is 0. The van der Waals surface area contributed by atoms with Crippen LogP contribution in [0.4, 0.5) is 0 Å². The van der Waals surface area contributed by atoms with E-state index in [0.29, 0.717) is 31.2 Å². The fourth-order valence-corrected chi connectivity index (χ4v) is 3.68. The van der Waals surface area contributed by atoms with E-state index in [1.54, 1.807) is 14.0 Å². The molecule has 1 aliphatic rings. The summed E-state index contributed by atoms with van der Waals surface area (Å²) in [6.07, 6.45) is 2.02. The number of fused-ring (bicyclic) bond motifs is 1. The summed E-state index contributed by atoms with van der Waals surface area (Å²) < 4.78 is 16.4. The Balaban J connectivity index is 1.46. The Morgan fingerprint density at radius 1 is 1.35 bits per heavy atom. The van der Waals surface area contributed by atoms with Crippen LogP contribution >= 0.6 is 0 Å². The second kappa shape index (κ2) is 6.74. The summed E-state index contributed by atoms with van der Waals surface area (Å²) in [6, 6.07) is 7.81. The van der Waals surface area contributed by atoms with Crippen molar-refractivity contribution in [1.29, 1.82) is 0 Å². The highest BCUT2D eigenvalue weighted by Crippen LogP contribution is 2.28. The van der Waals surface area contributed by atoms with E-state index in [1.165, 1.54) is 0 Å². The van der Waals surface area contributed by atoms with Crippen LogP contribution in [0.3, 0.4) is 0 Å². The zero-order chi connectivity index (χ0) is 18.1. The lowest BCUT2D eigenvalue weighted by Crippen LogP contribution is -2.49. The molecule has 26 heavy (non-hydrogen) atoms. The average molecular weight is 357 g/mol. The van der Waals surface area contributed by atoms with Gasteiger partial charge in [0.05, 0.1) is 25.7 Å². The van der Waals surface area contributed by atoms with Gasteiger partial charge in [-0.2, -0.15) is 4.98 Å². The second-order valence-electron chi connectivity index (χ2n) is 7.07. The molecular weight excluding hydrogens is 334 g/mol. The van der Waals surface area contributed by atoms with Crippen molar-refractivity contribution in [3.05, 3.63) is 41.7 Å². The molecule has 1 aliphatic heterocycles. The lowest BCUT2D eigenvalue weighted by molar-refractivity contribution is -0.0386. The highest BCUT2D eigenvalue weighted by atomic mass is 16.5. The minimum atomic E-state index is -0.855. The van der Waals surface area contributed by atoms with Crippen molar-refractivity contribution in [2.45, 2.75) is 38.3 Å². The van der Waals surface area contributed by atoms with E-state index >= 15 is 0 Å².